The Hall–Kier alpha value is -2.02. The average molecular weight is 272 g/mol. The third-order valence-corrected chi connectivity index (χ3v) is 3.87. The highest BCUT2D eigenvalue weighted by Gasteiger charge is 2.34. The number of benzene rings is 1. The van der Waals surface area contributed by atoms with Gasteiger partial charge in [0.05, 0.1) is 18.7 Å². The van der Waals surface area contributed by atoms with E-state index in [1.165, 1.54) is 0 Å². The lowest BCUT2D eigenvalue weighted by Gasteiger charge is -2.31. The molecule has 0 spiro atoms. The molecule has 1 saturated carbocycles. The molecule has 1 aliphatic rings. The zero-order valence-electron chi connectivity index (χ0n) is 12.0. The first-order chi connectivity index (χ1) is 9.60. The van der Waals surface area contributed by atoms with Gasteiger partial charge < -0.3 is 10.1 Å². The Labute approximate surface area is 119 Å². The fourth-order valence-electron chi connectivity index (χ4n) is 2.70. The number of nitriles is 1. The maximum atomic E-state index is 12.5. The lowest BCUT2D eigenvalue weighted by atomic mass is 9.82. The quantitative estimate of drug-likeness (QED) is 0.920. The van der Waals surface area contributed by atoms with Crippen molar-refractivity contribution in [3.63, 3.8) is 0 Å². The zero-order valence-corrected chi connectivity index (χ0v) is 12.0. The van der Waals surface area contributed by atoms with Crippen molar-refractivity contribution in [1.29, 1.82) is 5.26 Å². The van der Waals surface area contributed by atoms with Crippen molar-refractivity contribution in [2.75, 3.05) is 7.11 Å². The van der Waals surface area contributed by atoms with Crippen molar-refractivity contribution >= 4 is 5.91 Å². The Morgan fingerprint density at radius 2 is 2.05 bits per heavy atom. The van der Waals surface area contributed by atoms with Crippen molar-refractivity contribution in [1.82, 2.24) is 5.32 Å². The van der Waals surface area contributed by atoms with Crippen LogP contribution in [-0.4, -0.2) is 18.6 Å². The first-order valence-electron chi connectivity index (χ1n) is 6.99. The van der Waals surface area contributed by atoms with Crippen LogP contribution in [0.4, 0.5) is 0 Å². The molecule has 0 aromatic heterocycles. The van der Waals surface area contributed by atoms with Gasteiger partial charge in [0.2, 0.25) is 0 Å². The van der Waals surface area contributed by atoms with E-state index in [2.05, 4.69) is 11.4 Å². The van der Waals surface area contributed by atoms with E-state index in [9.17, 15) is 10.1 Å². The number of methoxy groups -OCH3 is 1. The predicted molar refractivity (Wildman–Crippen MR) is 76.6 cm³/mol. The number of hydrogen-bond donors (Lipinski definition) is 1. The summed E-state index contributed by atoms with van der Waals surface area (Å²) in [4.78, 5) is 12.5. The van der Waals surface area contributed by atoms with Gasteiger partial charge in [-0.1, -0.05) is 30.9 Å². The third kappa shape index (κ3) is 2.93. The van der Waals surface area contributed by atoms with Crippen LogP contribution >= 0.6 is 0 Å². The van der Waals surface area contributed by atoms with E-state index in [0.29, 0.717) is 11.3 Å². The van der Waals surface area contributed by atoms with E-state index >= 15 is 0 Å². The van der Waals surface area contributed by atoms with Gasteiger partial charge >= 0.3 is 0 Å². The molecular weight excluding hydrogens is 252 g/mol. The number of nitrogens with one attached hydrogen (secondary N) is 1. The monoisotopic (exact) mass is 272 g/mol. The minimum Gasteiger partial charge on any atom is -0.496 e. The molecule has 1 amide bonds. The predicted octanol–water partition coefficient (Wildman–Crippen LogP) is 2.96. The lowest BCUT2D eigenvalue weighted by Crippen LogP contribution is -2.48. The summed E-state index contributed by atoms with van der Waals surface area (Å²) in [6, 6.07) is 7.77. The smallest absolute Gasteiger partial charge is 0.256 e. The number of amides is 1. The van der Waals surface area contributed by atoms with E-state index < -0.39 is 5.54 Å². The molecule has 4 heteroatoms. The first kappa shape index (κ1) is 14.4. The van der Waals surface area contributed by atoms with E-state index in [-0.39, 0.29) is 5.91 Å². The van der Waals surface area contributed by atoms with Gasteiger partial charge in [-0.25, -0.2) is 0 Å². The molecule has 1 N–H and O–H groups in total. The Kier molecular flexibility index (Phi) is 4.29. The van der Waals surface area contributed by atoms with Crippen LogP contribution in [0, 0.1) is 18.3 Å². The molecule has 0 radical (unpaired) electrons. The number of ether oxygens (including phenoxy) is 1. The fraction of sp³-hybridized carbons (Fsp3) is 0.500. The van der Waals surface area contributed by atoms with Crippen LogP contribution in [0.1, 0.15) is 48.0 Å². The largest absolute Gasteiger partial charge is 0.496 e. The maximum absolute atomic E-state index is 12.5. The van der Waals surface area contributed by atoms with Crippen LogP contribution in [0.3, 0.4) is 0 Å². The summed E-state index contributed by atoms with van der Waals surface area (Å²) in [5, 5.41) is 12.3. The third-order valence-electron chi connectivity index (χ3n) is 3.87. The molecule has 1 aromatic carbocycles. The van der Waals surface area contributed by atoms with Gasteiger partial charge in [0, 0.05) is 0 Å². The second-order valence-corrected chi connectivity index (χ2v) is 5.41. The maximum Gasteiger partial charge on any atom is 0.256 e. The van der Waals surface area contributed by atoms with Gasteiger partial charge in [0.15, 0.2) is 0 Å². The van der Waals surface area contributed by atoms with E-state index in [1.54, 1.807) is 19.2 Å². The number of carbonyl (C=O) groups excluding carboxylic acids is 1. The van der Waals surface area contributed by atoms with Crippen LogP contribution < -0.4 is 10.1 Å². The molecule has 0 heterocycles. The summed E-state index contributed by atoms with van der Waals surface area (Å²) in [6.07, 6.45) is 4.55. The molecule has 4 nitrogen and oxygen atoms in total. The second kappa shape index (κ2) is 5.96. The average Bonchev–Trinajstić information content (AvgIpc) is 2.48. The van der Waals surface area contributed by atoms with Crippen LogP contribution in [0.5, 0.6) is 5.75 Å². The summed E-state index contributed by atoms with van der Waals surface area (Å²) in [6.45, 7) is 1.93. The molecule has 0 bridgehead atoms. The topological polar surface area (TPSA) is 62.1 Å². The Morgan fingerprint density at radius 3 is 2.65 bits per heavy atom. The summed E-state index contributed by atoms with van der Waals surface area (Å²) in [7, 11) is 1.54. The minimum absolute atomic E-state index is 0.228. The molecule has 106 valence electrons. The van der Waals surface area contributed by atoms with Gasteiger partial charge in [-0.15, -0.1) is 0 Å². The van der Waals surface area contributed by atoms with Gasteiger partial charge in [-0.2, -0.15) is 5.26 Å². The fourth-order valence-corrected chi connectivity index (χ4v) is 2.70. The summed E-state index contributed by atoms with van der Waals surface area (Å²) < 4.78 is 5.23. The number of rotatable bonds is 3. The highest BCUT2D eigenvalue weighted by atomic mass is 16.5. The molecule has 0 unspecified atom stereocenters. The molecular formula is C16H20N2O2. The van der Waals surface area contributed by atoms with Crippen LogP contribution in [-0.2, 0) is 0 Å². The molecule has 0 atom stereocenters. The number of carbonyl (C=O) groups is 1. The van der Waals surface area contributed by atoms with E-state index in [0.717, 1.165) is 37.7 Å². The number of aryl methyl sites for hydroxylation is 1. The summed E-state index contributed by atoms with van der Waals surface area (Å²) in [5.41, 5.74) is 0.766. The molecule has 0 saturated heterocycles. The standard InChI is InChI=1S/C16H20N2O2/c1-12-6-7-14(20-2)13(10-12)15(19)18-16(11-17)8-4-3-5-9-16/h6-7,10H,3-5,8-9H2,1-2H3,(H,18,19). The van der Waals surface area contributed by atoms with Gasteiger partial charge in [0.25, 0.3) is 5.91 Å². The normalized spacial score (nSPS) is 17.1. The molecule has 1 aromatic rings. The van der Waals surface area contributed by atoms with Gasteiger partial charge in [0.1, 0.15) is 11.3 Å². The molecule has 20 heavy (non-hydrogen) atoms. The Morgan fingerprint density at radius 1 is 1.35 bits per heavy atom. The van der Waals surface area contributed by atoms with Crippen molar-refractivity contribution in [3.8, 4) is 11.8 Å². The summed E-state index contributed by atoms with van der Waals surface area (Å²) in [5.74, 6) is 0.311. The van der Waals surface area contributed by atoms with E-state index in [1.807, 2.05) is 13.0 Å². The lowest BCUT2D eigenvalue weighted by molar-refractivity contribution is 0.0899. The van der Waals surface area contributed by atoms with Gasteiger partial charge in [-0.3, -0.25) is 4.79 Å². The molecule has 0 aliphatic heterocycles. The SMILES string of the molecule is COc1ccc(C)cc1C(=O)NC1(C#N)CCCCC1. The van der Waals surface area contributed by atoms with Gasteiger partial charge in [-0.05, 0) is 31.9 Å². The Balaban J connectivity index is 2.23. The van der Waals surface area contributed by atoms with Crippen molar-refractivity contribution in [2.45, 2.75) is 44.6 Å². The number of nitrogens with zero attached hydrogens (tertiary/aromatic N) is 1. The second-order valence-electron chi connectivity index (χ2n) is 5.41. The highest BCUT2D eigenvalue weighted by Crippen LogP contribution is 2.29. The minimum atomic E-state index is -0.718. The van der Waals surface area contributed by atoms with Crippen molar-refractivity contribution < 1.29 is 9.53 Å². The van der Waals surface area contributed by atoms with Crippen LogP contribution in [0.15, 0.2) is 18.2 Å². The van der Waals surface area contributed by atoms with Crippen LogP contribution in [0.25, 0.3) is 0 Å². The van der Waals surface area contributed by atoms with E-state index in [4.69, 9.17) is 4.74 Å². The first-order valence-corrected chi connectivity index (χ1v) is 6.99. The zero-order chi connectivity index (χ0) is 14.6. The molecule has 2 rings (SSSR count). The van der Waals surface area contributed by atoms with Crippen molar-refractivity contribution in [3.05, 3.63) is 29.3 Å². The number of hydrogen-bond acceptors (Lipinski definition) is 3. The molecule has 1 aliphatic carbocycles. The van der Waals surface area contributed by atoms with Crippen molar-refractivity contribution in [2.24, 2.45) is 0 Å². The molecule has 1 fully saturated rings. The summed E-state index contributed by atoms with van der Waals surface area (Å²) >= 11 is 0. The van der Waals surface area contributed by atoms with Crippen LogP contribution in [0.2, 0.25) is 0 Å². The Bertz CT molecular complexity index is 540. The highest BCUT2D eigenvalue weighted by molar-refractivity contribution is 5.97.